The van der Waals surface area contributed by atoms with Crippen LogP contribution < -0.4 is 5.32 Å². The summed E-state index contributed by atoms with van der Waals surface area (Å²) >= 11 is 0. The fourth-order valence-corrected chi connectivity index (χ4v) is 4.64. The third kappa shape index (κ3) is 3.67. The molecule has 0 bridgehead atoms. The molecule has 30 heavy (non-hydrogen) atoms. The zero-order valence-corrected chi connectivity index (χ0v) is 17.5. The summed E-state index contributed by atoms with van der Waals surface area (Å²) in [5.74, 6) is -0.0720. The average molecular weight is 408 g/mol. The van der Waals surface area contributed by atoms with E-state index in [0.717, 1.165) is 23.1 Å². The van der Waals surface area contributed by atoms with Gasteiger partial charge in [-0.1, -0.05) is 61.0 Å². The topological polar surface area (TPSA) is 72.9 Å². The van der Waals surface area contributed by atoms with Crippen molar-refractivity contribution < 1.29 is 14.7 Å². The third-order valence-electron chi connectivity index (χ3n) is 6.25. The molecule has 2 heterocycles. The number of hydrogen-bond acceptors (Lipinski definition) is 3. The molecule has 2 N–H and O–H groups in total. The van der Waals surface area contributed by atoms with Crippen LogP contribution in [0.2, 0.25) is 0 Å². The number of nitrogens with zero attached hydrogens (tertiary/aromatic N) is 2. The first kappa shape index (κ1) is 20.4. The molecule has 2 aromatic rings. The molecule has 2 aliphatic rings. The van der Waals surface area contributed by atoms with Crippen molar-refractivity contribution in [2.45, 2.75) is 38.3 Å². The van der Waals surface area contributed by atoms with Crippen molar-refractivity contribution in [1.29, 1.82) is 0 Å². The van der Waals surface area contributed by atoms with E-state index in [1.54, 1.807) is 9.80 Å². The Balaban J connectivity index is 1.53. The molecule has 0 aromatic heterocycles. The molecule has 0 radical (unpaired) electrons. The molecule has 6 nitrogen and oxygen atoms in total. The van der Waals surface area contributed by atoms with Gasteiger partial charge in [-0.15, -0.1) is 0 Å². The lowest BCUT2D eigenvalue weighted by Crippen LogP contribution is -2.73. The Kier molecular flexibility index (Phi) is 5.77. The number of fused-ring (bicyclic) bond motifs is 1. The fraction of sp³-hybridized carbons (Fsp3) is 0.417. The number of rotatable bonds is 5. The maximum absolute atomic E-state index is 12.7. The lowest BCUT2D eigenvalue weighted by molar-refractivity contribution is -0.159. The van der Waals surface area contributed by atoms with Gasteiger partial charge in [0.25, 0.3) is 0 Å². The largest absolute Gasteiger partial charge is 0.394 e. The van der Waals surface area contributed by atoms with Crippen molar-refractivity contribution in [2.75, 3.05) is 26.2 Å². The van der Waals surface area contributed by atoms with E-state index in [1.807, 2.05) is 6.92 Å². The second kappa shape index (κ2) is 8.48. The van der Waals surface area contributed by atoms with Crippen molar-refractivity contribution in [2.24, 2.45) is 0 Å². The van der Waals surface area contributed by atoms with Crippen LogP contribution >= 0.6 is 0 Å². The van der Waals surface area contributed by atoms with Crippen LogP contribution in [0, 0.1) is 6.92 Å². The van der Waals surface area contributed by atoms with E-state index in [-0.39, 0.29) is 43.1 Å². The fourth-order valence-electron chi connectivity index (χ4n) is 4.64. The Hall–Kier alpha value is -2.86. The van der Waals surface area contributed by atoms with Crippen LogP contribution in [0.1, 0.15) is 30.4 Å². The van der Waals surface area contributed by atoms with Crippen molar-refractivity contribution in [3.05, 3.63) is 59.7 Å². The van der Waals surface area contributed by atoms with Crippen LogP contribution in [0.4, 0.5) is 4.79 Å². The van der Waals surface area contributed by atoms with E-state index in [0.29, 0.717) is 13.1 Å². The average Bonchev–Trinajstić information content (AvgIpc) is 2.74. The number of aliphatic hydroxyl groups is 1. The molecule has 0 aliphatic carbocycles. The Labute approximate surface area is 177 Å². The molecule has 6 heteroatoms. The molecule has 3 amide bonds. The highest BCUT2D eigenvalue weighted by molar-refractivity contribution is 5.87. The smallest absolute Gasteiger partial charge is 0.317 e. The molecule has 3 atom stereocenters. The lowest BCUT2D eigenvalue weighted by Gasteiger charge is -2.58. The maximum Gasteiger partial charge on any atom is 0.317 e. The summed E-state index contributed by atoms with van der Waals surface area (Å²) in [6, 6.07) is 16.3. The number of benzene rings is 2. The van der Waals surface area contributed by atoms with Crippen LogP contribution in [0.5, 0.6) is 0 Å². The van der Waals surface area contributed by atoms with Crippen LogP contribution in [-0.4, -0.2) is 65.2 Å². The SMILES string of the molecule is CCCNC(=O)N1CC(=O)N2[C@H](CO)[C@@H](c3ccc(-c4ccc(C)cc4)cc3)[C@H]2C1. The predicted molar refractivity (Wildman–Crippen MR) is 116 cm³/mol. The summed E-state index contributed by atoms with van der Waals surface area (Å²) in [4.78, 5) is 28.4. The number of carbonyl (C=O) groups is 2. The maximum atomic E-state index is 12.7. The number of piperazine rings is 1. The van der Waals surface area contributed by atoms with Crippen LogP contribution in [0.3, 0.4) is 0 Å². The molecule has 2 aromatic carbocycles. The van der Waals surface area contributed by atoms with E-state index >= 15 is 0 Å². The minimum atomic E-state index is -0.228. The second-order valence-corrected chi connectivity index (χ2v) is 8.24. The highest BCUT2D eigenvalue weighted by Crippen LogP contribution is 2.43. The van der Waals surface area contributed by atoms with E-state index in [4.69, 9.17) is 0 Å². The second-order valence-electron chi connectivity index (χ2n) is 8.24. The number of amides is 3. The first-order valence-corrected chi connectivity index (χ1v) is 10.6. The number of urea groups is 1. The number of aryl methyl sites for hydroxylation is 1. The molecule has 158 valence electrons. The first-order valence-electron chi connectivity index (χ1n) is 10.6. The van der Waals surface area contributed by atoms with Crippen molar-refractivity contribution >= 4 is 11.9 Å². The van der Waals surface area contributed by atoms with Gasteiger partial charge in [0.2, 0.25) is 5.91 Å². The summed E-state index contributed by atoms with van der Waals surface area (Å²) in [6.45, 7) is 5.15. The summed E-state index contributed by atoms with van der Waals surface area (Å²) in [7, 11) is 0. The van der Waals surface area contributed by atoms with Crippen molar-refractivity contribution in [3.8, 4) is 11.1 Å². The zero-order valence-electron chi connectivity index (χ0n) is 17.5. The molecule has 0 unspecified atom stereocenters. The summed E-state index contributed by atoms with van der Waals surface area (Å²) < 4.78 is 0. The molecule has 2 fully saturated rings. The number of nitrogens with one attached hydrogen (secondary N) is 1. The van der Waals surface area contributed by atoms with E-state index in [1.165, 1.54) is 5.56 Å². The first-order chi connectivity index (χ1) is 14.5. The normalized spacial score (nSPS) is 23.0. The Morgan fingerprint density at radius 2 is 1.73 bits per heavy atom. The zero-order chi connectivity index (χ0) is 21.3. The standard InChI is InChI=1S/C24H29N3O3/c1-3-12-25-24(30)26-13-20-23(21(15-28)27(20)22(29)14-26)19-10-8-18(9-11-19)17-6-4-16(2)5-7-17/h4-11,20-21,23,28H,3,12-15H2,1-2H3,(H,25,30)/t20-,21-,23+/m1/s1. The minimum absolute atomic E-state index is 0.0211. The van der Waals surface area contributed by atoms with Gasteiger partial charge in [-0.25, -0.2) is 4.79 Å². The molecular formula is C24H29N3O3. The summed E-state index contributed by atoms with van der Waals surface area (Å²) in [6.07, 6.45) is 0.853. The number of carbonyl (C=O) groups excluding carboxylic acids is 2. The quantitative estimate of drug-likeness (QED) is 0.801. The molecule has 2 aliphatic heterocycles. The molecule has 2 saturated heterocycles. The van der Waals surface area contributed by atoms with Crippen LogP contribution in [-0.2, 0) is 4.79 Å². The van der Waals surface area contributed by atoms with Crippen LogP contribution in [0.25, 0.3) is 11.1 Å². The van der Waals surface area contributed by atoms with Gasteiger partial charge in [-0.05, 0) is 30.0 Å². The Morgan fingerprint density at radius 3 is 2.33 bits per heavy atom. The minimum Gasteiger partial charge on any atom is -0.394 e. The monoisotopic (exact) mass is 407 g/mol. The van der Waals surface area contributed by atoms with Gasteiger partial charge in [0.1, 0.15) is 6.54 Å². The summed E-state index contributed by atoms with van der Waals surface area (Å²) in [5, 5.41) is 12.8. The van der Waals surface area contributed by atoms with E-state index < -0.39 is 0 Å². The van der Waals surface area contributed by atoms with Crippen molar-refractivity contribution in [1.82, 2.24) is 15.1 Å². The number of hydrogen-bond donors (Lipinski definition) is 2. The molecule has 0 spiro atoms. The highest BCUT2D eigenvalue weighted by atomic mass is 16.3. The van der Waals surface area contributed by atoms with Crippen molar-refractivity contribution in [3.63, 3.8) is 0 Å². The van der Waals surface area contributed by atoms with E-state index in [9.17, 15) is 14.7 Å². The van der Waals surface area contributed by atoms with Crippen LogP contribution in [0.15, 0.2) is 48.5 Å². The lowest BCUT2D eigenvalue weighted by atomic mass is 9.73. The Bertz CT molecular complexity index is 910. The predicted octanol–water partition coefficient (Wildman–Crippen LogP) is 2.75. The molecule has 0 saturated carbocycles. The van der Waals surface area contributed by atoms with Gasteiger partial charge in [-0.3, -0.25) is 4.79 Å². The van der Waals surface area contributed by atoms with Gasteiger partial charge < -0.3 is 20.2 Å². The van der Waals surface area contributed by atoms with Gasteiger partial charge in [0.15, 0.2) is 0 Å². The summed E-state index contributed by atoms with van der Waals surface area (Å²) in [5.41, 5.74) is 4.61. The Morgan fingerprint density at radius 1 is 1.10 bits per heavy atom. The third-order valence-corrected chi connectivity index (χ3v) is 6.25. The van der Waals surface area contributed by atoms with Gasteiger partial charge in [0.05, 0.1) is 18.7 Å². The highest BCUT2D eigenvalue weighted by Gasteiger charge is 2.54. The molecular weight excluding hydrogens is 378 g/mol. The number of aliphatic hydroxyl groups excluding tert-OH is 1. The molecule has 4 rings (SSSR count). The van der Waals surface area contributed by atoms with E-state index in [2.05, 4.69) is 60.8 Å². The van der Waals surface area contributed by atoms with Gasteiger partial charge >= 0.3 is 6.03 Å². The van der Waals surface area contributed by atoms with Gasteiger partial charge in [0, 0.05) is 19.0 Å². The van der Waals surface area contributed by atoms with Gasteiger partial charge in [-0.2, -0.15) is 0 Å².